The molecule has 1 aliphatic carbocycles. The zero-order valence-electron chi connectivity index (χ0n) is 12.3. The van der Waals surface area contributed by atoms with E-state index in [0.717, 1.165) is 18.1 Å². The molecule has 0 aliphatic heterocycles. The Morgan fingerprint density at radius 3 is 2.95 bits per heavy atom. The lowest BCUT2D eigenvalue weighted by Crippen LogP contribution is -2.19. The van der Waals surface area contributed by atoms with E-state index in [-0.39, 0.29) is 0 Å². The minimum atomic E-state index is 0.443. The van der Waals surface area contributed by atoms with Crippen molar-refractivity contribution in [3.63, 3.8) is 0 Å². The van der Waals surface area contributed by atoms with Crippen molar-refractivity contribution >= 4 is 17.3 Å². The third kappa shape index (κ3) is 3.06. The summed E-state index contributed by atoms with van der Waals surface area (Å²) in [5.74, 6) is 1.05. The number of aromatic nitrogens is 2. The van der Waals surface area contributed by atoms with Gasteiger partial charge in [-0.3, -0.25) is 0 Å². The maximum Gasteiger partial charge on any atom is 0.203 e. The van der Waals surface area contributed by atoms with Crippen LogP contribution in [0.25, 0.3) is 0 Å². The van der Waals surface area contributed by atoms with Gasteiger partial charge >= 0.3 is 0 Å². The first-order valence-corrected chi connectivity index (χ1v) is 8.45. The van der Waals surface area contributed by atoms with Crippen LogP contribution in [0.15, 0.2) is 23.7 Å². The first-order valence-electron chi connectivity index (χ1n) is 7.57. The summed E-state index contributed by atoms with van der Waals surface area (Å²) in [6.07, 6.45) is 8.52. The van der Waals surface area contributed by atoms with Crippen molar-refractivity contribution in [1.29, 1.82) is 0 Å². The Labute approximate surface area is 125 Å². The fourth-order valence-electron chi connectivity index (χ4n) is 3.03. The van der Waals surface area contributed by atoms with Gasteiger partial charge in [-0.1, -0.05) is 18.9 Å². The van der Waals surface area contributed by atoms with Crippen molar-refractivity contribution in [2.45, 2.75) is 58.0 Å². The lowest BCUT2D eigenvalue weighted by atomic mass is 10.2. The normalized spacial score (nSPS) is 17.5. The molecular weight excluding hydrogens is 266 g/mol. The molecule has 0 aromatic carbocycles. The monoisotopic (exact) mass is 289 g/mol. The molecule has 1 fully saturated rings. The Bertz CT molecular complexity index is 538. The molecule has 0 bridgehead atoms. The fraction of sp³-hybridized carbons (Fsp3) is 0.562. The predicted molar refractivity (Wildman–Crippen MR) is 85.6 cm³/mol. The zero-order valence-corrected chi connectivity index (χ0v) is 13.1. The molecule has 3 rings (SSSR count). The van der Waals surface area contributed by atoms with E-state index >= 15 is 0 Å². The van der Waals surface area contributed by atoms with Crippen molar-refractivity contribution in [1.82, 2.24) is 9.55 Å². The summed E-state index contributed by atoms with van der Waals surface area (Å²) in [5, 5.41) is 5.80. The highest BCUT2D eigenvalue weighted by atomic mass is 32.1. The third-order valence-corrected chi connectivity index (χ3v) is 4.99. The van der Waals surface area contributed by atoms with Gasteiger partial charge in [0, 0.05) is 29.6 Å². The first-order chi connectivity index (χ1) is 9.72. The van der Waals surface area contributed by atoms with Gasteiger partial charge in [-0.2, -0.15) is 0 Å². The van der Waals surface area contributed by atoms with Crippen LogP contribution in [-0.2, 0) is 6.42 Å². The maximum absolute atomic E-state index is 4.68. The summed E-state index contributed by atoms with van der Waals surface area (Å²) in [7, 11) is 0. The molecular formula is C16H23N3S. The lowest BCUT2D eigenvalue weighted by Gasteiger charge is -2.19. The van der Waals surface area contributed by atoms with E-state index in [1.54, 1.807) is 0 Å². The molecule has 0 spiro atoms. The molecule has 1 saturated carbocycles. The largest absolute Gasteiger partial charge is 0.353 e. The molecule has 1 atom stereocenters. The zero-order chi connectivity index (χ0) is 13.9. The van der Waals surface area contributed by atoms with Gasteiger partial charge in [0.25, 0.3) is 0 Å². The molecule has 1 N–H and O–H groups in total. The van der Waals surface area contributed by atoms with Crippen molar-refractivity contribution in [3.05, 3.63) is 34.3 Å². The van der Waals surface area contributed by atoms with Crippen molar-refractivity contribution in [2.24, 2.45) is 0 Å². The lowest BCUT2D eigenvalue weighted by molar-refractivity contribution is 0.548. The van der Waals surface area contributed by atoms with E-state index in [2.05, 4.69) is 52.4 Å². The minimum Gasteiger partial charge on any atom is -0.353 e. The second-order valence-corrected chi connectivity index (χ2v) is 6.90. The highest BCUT2D eigenvalue weighted by molar-refractivity contribution is 7.09. The number of aryl methyl sites for hydroxylation is 1. The van der Waals surface area contributed by atoms with Crippen molar-refractivity contribution in [2.75, 3.05) is 5.32 Å². The number of nitrogens with zero attached hydrogens (tertiary/aromatic N) is 2. The van der Waals surface area contributed by atoms with E-state index < -0.39 is 0 Å². The predicted octanol–water partition coefficient (Wildman–Crippen LogP) is 4.41. The van der Waals surface area contributed by atoms with Crippen LogP contribution in [0, 0.1) is 6.92 Å². The summed E-state index contributed by atoms with van der Waals surface area (Å²) < 4.78 is 2.31. The number of hydrogen-bond acceptors (Lipinski definition) is 3. The molecule has 20 heavy (non-hydrogen) atoms. The highest BCUT2D eigenvalue weighted by Crippen LogP contribution is 2.26. The molecule has 0 amide bonds. The second kappa shape index (κ2) is 6.00. The average Bonchev–Trinajstić information content (AvgIpc) is 3.12. The molecule has 1 aliphatic rings. The Morgan fingerprint density at radius 2 is 2.25 bits per heavy atom. The number of imidazole rings is 1. The van der Waals surface area contributed by atoms with Crippen molar-refractivity contribution < 1.29 is 0 Å². The topological polar surface area (TPSA) is 29.9 Å². The number of nitrogens with one attached hydrogen (secondary N) is 1. The van der Waals surface area contributed by atoms with E-state index in [9.17, 15) is 0 Å². The van der Waals surface area contributed by atoms with Gasteiger partial charge in [0.2, 0.25) is 5.95 Å². The molecule has 0 saturated heterocycles. The van der Waals surface area contributed by atoms with Gasteiger partial charge in [0.05, 0.1) is 5.69 Å². The molecule has 2 aromatic heterocycles. The Balaban J connectivity index is 1.74. The molecule has 108 valence electrons. The number of thiophene rings is 1. The van der Waals surface area contributed by atoms with Crippen LogP contribution in [0.3, 0.4) is 0 Å². The van der Waals surface area contributed by atoms with Crippen LogP contribution in [0.1, 0.15) is 49.2 Å². The van der Waals surface area contributed by atoms with E-state index in [1.807, 2.05) is 11.3 Å². The highest BCUT2D eigenvalue weighted by Gasteiger charge is 2.19. The van der Waals surface area contributed by atoms with Gasteiger partial charge in [0.1, 0.15) is 0 Å². The van der Waals surface area contributed by atoms with Gasteiger partial charge in [0.15, 0.2) is 0 Å². The minimum absolute atomic E-state index is 0.443. The number of hydrogen-bond donors (Lipinski definition) is 1. The molecule has 0 radical (unpaired) electrons. The van der Waals surface area contributed by atoms with Crippen LogP contribution < -0.4 is 5.32 Å². The molecule has 2 aromatic rings. The Morgan fingerprint density at radius 1 is 1.45 bits per heavy atom. The summed E-state index contributed by atoms with van der Waals surface area (Å²) in [5.41, 5.74) is 1.10. The van der Waals surface area contributed by atoms with Gasteiger partial charge in [-0.05, 0) is 38.1 Å². The Kier molecular flexibility index (Phi) is 4.10. The van der Waals surface area contributed by atoms with Crippen LogP contribution in [0.4, 0.5) is 5.95 Å². The number of anilines is 1. The summed E-state index contributed by atoms with van der Waals surface area (Å²) in [6, 6.07) is 5.40. The van der Waals surface area contributed by atoms with E-state index in [0.29, 0.717) is 12.1 Å². The van der Waals surface area contributed by atoms with Gasteiger partial charge in [-0.15, -0.1) is 11.3 Å². The Hall–Kier alpha value is -1.29. The van der Waals surface area contributed by atoms with Crippen LogP contribution in [0.5, 0.6) is 0 Å². The quantitative estimate of drug-likeness (QED) is 0.883. The van der Waals surface area contributed by atoms with Crippen LogP contribution in [-0.4, -0.2) is 15.6 Å². The molecule has 1 unspecified atom stereocenters. The smallest absolute Gasteiger partial charge is 0.203 e. The number of rotatable bonds is 5. The first kappa shape index (κ1) is 13.7. The summed E-state index contributed by atoms with van der Waals surface area (Å²) in [6.45, 7) is 4.36. The second-order valence-electron chi connectivity index (χ2n) is 5.87. The average molecular weight is 289 g/mol. The van der Waals surface area contributed by atoms with Gasteiger partial charge in [-0.25, -0.2) is 4.98 Å². The summed E-state index contributed by atoms with van der Waals surface area (Å²) >= 11 is 1.84. The SMILES string of the molecule is Cc1cn(C(C)Cc2cccs2)c(NC2CCCC2)n1. The fourth-order valence-corrected chi connectivity index (χ4v) is 3.86. The third-order valence-electron chi connectivity index (χ3n) is 4.09. The van der Waals surface area contributed by atoms with Crippen LogP contribution in [0.2, 0.25) is 0 Å². The van der Waals surface area contributed by atoms with E-state index in [4.69, 9.17) is 0 Å². The molecule has 3 nitrogen and oxygen atoms in total. The maximum atomic E-state index is 4.68. The molecule has 4 heteroatoms. The molecule has 2 heterocycles. The van der Waals surface area contributed by atoms with Gasteiger partial charge < -0.3 is 9.88 Å². The van der Waals surface area contributed by atoms with Crippen molar-refractivity contribution in [3.8, 4) is 0 Å². The van der Waals surface area contributed by atoms with E-state index in [1.165, 1.54) is 30.6 Å². The standard InChI is InChI=1S/C16H23N3S/c1-12-11-19(13(2)10-15-8-5-9-20-15)16(17-12)18-14-6-3-4-7-14/h5,8-9,11,13-14H,3-4,6-7,10H2,1-2H3,(H,17,18). The summed E-state index contributed by atoms with van der Waals surface area (Å²) in [4.78, 5) is 6.12. The van der Waals surface area contributed by atoms with Crippen LogP contribution >= 0.6 is 11.3 Å².